The SMILES string of the molecule is CC(C)c1ccccc1-n1c(N)nc2cccc(Cl)c21. The number of para-hydroxylation sites is 2. The Balaban J connectivity index is 2.38. The first-order chi connectivity index (χ1) is 9.59. The van der Waals surface area contributed by atoms with Crippen LogP contribution in [0, 0.1) is 0 Å². The van der Waals surface area contributed by atoms with Crippen LogP contribution >= 0.6 is 11.6 Å². The summed E-state index contributed by atoms with van der Waals surface area (Å²) in [6.07, 6.45) is 0. The molecule has 3 aromatic rings. The monoisotopic (exact) mass is 285 g/mol. The number of nitrogen functional groups attached to an aromatic ring is 1. The fourth-order valence-electron chi connectivity index (χ4n) is 2.53. The van der Waals surface area contributed by atoms with Gasteiger partial charge in [-0.25, -0.2) is 4.98 Å². The molecule has 0 radical (unpaired) electrons. The lowest BCUT2D eigenvalue weighted by atomic mass is 10.0. The van der Waals surface area contributed by atoms with Crippen LogP contribution < -0.4 is 5.73 Å². The number of halogens is 1. The predicted molar refractivity (Wildman–Crippen MR) is 84.6 cm³/mol. The Labute approximate surface area is 123 Å². The molecule has 0 unspecified atom stereocenters. The minimum atomic E-state index is 0.394. The van der Waals surface area contributed by atoms with Crippen molar-refractivity contribution in [2.75, 3.05) is 5.73 Å². The molecule has 3 rings (SSSR count). The predicted octanol–water partition coefficient (Wildman–Crippen LogP) is 4.38. The minimum absolute atomic E-state index is 0.394. The van der Waals surface area contributed by atoms with Crippen molar-refractivity contribution < 1.29 is 0 Å². The second kappa shape index (κ2) is 4.84. The lowest BCUT2D eigenvalue weighted by Gasteiger charge is -2.15. The number of nitrogens with two attached hydrogens (primary N) is 1. The lowest BCUT2D eigenvalue weighted by Crippen LogP contribution is -2.05. The molecule has 1 aromatic heterocycles. The van der Waals surface area contributed by atoms with E-state index in [4.69, 9.17) is 17.3 Å². The normalized spacial score (nSPS) is 11.4. The average molecular weight is 286 g/mol. The number of anilines is 1. The minimum Gasteiger partial charge on any atom is -0.369 e. The van der Waals surface area contributed by atoms with Crippen LogP contribution in [0.4, 0.5) is 5.95 Å². The van der Waals surface area contributed by atoms with Crippen LogP contribution in [0.25, 0.3) is 16.7 Å². The summed E-state index contributed by atoms with van der Waals surface area (Å²) >= 11 is 6.34. The fraction of sp³-hybridized carbons (Fsp3) is 0.188. The van der Waals surface area contributed by atoms with Gasteiger partial charge in [0.25, 0.3) is 0 Å². The Morgan fingerprint density at radius 3 is 2.60 bits per heavy atom. The smallest absolute Gasteiger partial charge is 0.205 e. The van der Waals surface area contributed by atoms with Gasteiger partial charge in [0.1, 0.15) is 0 Å². The highest BCUT2D eigenvalue weighted by molar-refractivity contribution is 6.35. The third-order valence-corrected chi connectivity index (χ3v) is 3.76. The van der Waals surface area contributed by atoms with Crippen LogP contribution in [0.2, 0.25) is 5.02 Å². The summed E-state index contributed by atoms with van der Waals surface area (Å²) in [4.78, 5) is 4.41. The first-order valence-electron chi connectivity index (χ1n) is 6.61. The number of nitrogens with zero attached hydrogens (tertiary/aromatic N) is 2. The van der Waals surface area contributed by atoms with Crippen molar-refractivity contribution in [2.45, 2.75) is 19.8 Å². The molecule has 2 aromatic carbocycles. The van der Waals surface area contributed by atoms with E-state index in [0.29, 0.717) is 16.9 Å². The number of hydrogen-bond donors (Lipinski definition) is 1. The van der Waals surface area contributed by atoms with Crippen molar-refractivity contribution in [3.63, 3.8) is 0 Å². The van der Waals surface area contributed by atoms with Crippen LogP contribution in [0.1, 0.15) is 25.3 Å². The van der Waals surface area contributed by atoms with Crippen molar-refractivity contribution >= 4 is 28.6 Å². The Kier molecular flexibility index (Phi) is 3.14. The number of hydrogen-bond acceptors (Lipinski definition) is 2. The molecule has 2 N–H and O–H groups in total. The third kappa shape index (κ3) is 1.95. The molecule has 0 aliphatic heterocycles. The molecule has 0 aliphatic rings. The summed E-state index contributed by atoms with van der Waals surface area (Å²) in [5.41, 5.74) is 10.0. The molecule has 0 atom stereocenters. The van der Waals surface area contributed by atoms with E-state index in [0.717, 1.165) is 16.7 Å². The van der Waals surface area contributed by atoms with Crippen molar-refractivity contribution in [1.29, 1.82) is 0 Å². The Hall–Kier alpha value is -2.00. The summed E-state index contributed by atoms with van der Waals surface area (Å²) < 4.78 is 1.94. The maximum absolute atomic E-state index is 6.34. The van der Waals surface area contributed by atoms with E-state index in [-0.39, 0.29) is 0 Å². The molecule has 0 spiro atoms. The summed E-state index contributed by atoms with van der Waals surface area (Å²) in [6.45, 7) is 4.32. The highest BCUT2D eigenvalue weighted by Crippen LogP contribution is 2.32. The molecule has 0 bridgehead atoms. The summed E-state index contributed by atoms with van der Waals surface area (Å²) in [5, 5.41) is 0.658. The van der Waals surface area contributed by atoms with Gasteiger partial charge < -0.3 is 5.73 Å². The second-order valence-electron chi connectivity index (χ2n) is 5.13. The molecule has 4 heteroatoms. The molecule has 0 amide bonds. The Morgan fingerprint density at radius 1 is 1.10 bits per heavy atom. The van der Waals surface area contributed by atoms with Gasteiger partial charge in [0, 0.05) is 0 Å². The van der Waals surface area contributed by atoms with Gasteiger partial charge in [-0.2, -0.15) is 0 Å². The number of rotatable bonds is 2. The standard InChI is InChI=1S/C16H16ClN3/c1-10(2)11-6-3-4-9-14(11)20-15-12(17)7-5-8-13(15)19-16(20)18/h3-10H,1-2H3,(H2,18,19). The molecular formula is C16H16ClN3. The zero-order valence-electron chi connectivity index (χ0n) is 11.5. The van der Waals surface area contributed by atoms with Crippen LogP contribution in [0.15, 0.2) is 42.5 Å². The van der Waals surface area contributed by atoms with Gasteiger partial charge >= 0.3 is 0 Å². The molecule has 0 saturated heterocycles. The van der Waals surface area contributed by atoms with Gasteiger partial charge in [-0.1, -0.05) is 49.7 Å². The Morgan fingerprint density at radius 2 is 1.85 bits per heavy atom. The van der Waals surface area contributed by atoms with Gasteiger partial charge in [-0.05, 0) is 29.7 Å². The quantitative estimate of drug-likeness (QED) is 0.759. The largest absolute Gasteiger partial charge is 0.369 e. The van der Waals surface area contributed by atoms with Crippen molar-refractivity contribution in [3.05, 3.63) is 53.1 Å². The second-order valence-corrected chi connectivity index (χ2v) is 5.53. The van der Waals surface area contributed by atoms with Crippen LogP contribution in [0.3, 0.4) is 0 Å². The molecule has 0 fully saturated rings. The van der Waals surface area contributed by atoms with Gasteiger partial charge in [0.05, 0.1) is 21.7 Å². The lowest BCUT2D eigenvalue weighted by molar-refractivity contribution is 0.851. The van der Waals surface area contributed by atoms with E-state index in [1.807, 2.05) is 34.9 Å². The molecular weight excluding hydrogens is 270 g/mol. The maximum atomic E-state index is 6.34. The first-order valence-corrected chi connectivity index (χ1v) is 6.99. The van der Waals surface area contributed by atoms with Gasteiger partial charge in [0.15, 0.2) is 0 Å². The van der Waals surface area contributed by atoms with Crippen LogP contribution in [0.5, 0.6) is 0 Å². The fourth-order valence-corrected chi connectivity index (χ4v) is 2.78. The molecule has 0 saturated carbocycles. The first kappa shape index (κ1) is 13.0. The van der Waals surface area contributed by atoms with Crippen molar-refractivity contribution in [2.24, 2.45) is 0 Å². The molecule has 0 aliphatic carbocycles. The van der Waals surface area contributed by atoms with E-state index in [9.17, 15) is 0 Å². The summed E-state index contributed by atoms with van der Waals surface area (Å²) in [7, 11) is 0. The topological polar surface area (TPSA) is 43.8 Å². The van der Waals surface area contributed by atoms with Crippen LogP contribution in [-0.4, -0.2) is 9.55 Å². The third-order valence-electron chi connectivity index (χ3n) is 3.45. The highest BCUT2D eigenvalue weighted by atomic mass is 35.5. The zero-order chi connectivity index (χ0) is 14.3. The number of fused-ring (bicyclic) bond motifs is 1. The highest BCUT2D eigenvalue weighted by Gasteiger charge is 2.16. The Bertz CT molecular complexity index is 774. The number of aromatic nitrogens is 2. The van der Waals surface area contributed by atoms with E-state index in [2.05, 4.69) is 31.0 Å². The summed E-state index contributed by atoms with van der Waals surface area (Å²) in [6, 6.07) is 13.9. The molecule has 1 heterocycles. The number of imidazole rings is 1. The van der Waals surface area contributed by atoms with E-state index >= 15 is 0 Å². The van der Waals surface area contributed by atoms with Gasteiger partial charge in [-0.3, -0.25) is 4.57 Å². The van der Waals surface area contributed by atoms with E-state index in [1.165, 1.54) is 5.56 Å². The molecule has 20 heavy (non-hydrogen) atoms. The zero-order valence-corrected chi connectivity index (χ0v) is 12.2. The van der Waals surface area contributed by atoms with Crippen LogP contribution in [-0.2, 0) is 0 Å². The molecule has 102 valence electrons. The van der Waals surface area contributed by atoms with Gasteiger partial charge in [0.2, 0.25) is 5.95 Å². The molecule has 3 nitrogen and oxygen atoms in total. The van der Waals surface area contributed by atoms with Crippen molar-refractivity contribution in [1.82, 2.24) is 9.55 Å². The average Bonchev–Trinajstić information content (AvgIpc) is 2.76. The van der Waals surface area contributed by atoms with Gasteiger partial charge in [-0.15, -0.1) is 0 Å². The maximum Gasteiger partial charge on any atom is 0.205 e. The van der Waals surface area contributed by atoms with E-state index in [1.54, 1.807) is 0 Å². The van der Waals surface area contributed by atoms with Crippen molar-refractivity contribution in [3.8, 4) is 5.69 Å². The summed E-state index contributed by atoms with van der Waals surface area (Å²) in [5.74, 6) is 0.853. The van der Waals surface area contributed by atoms with E-state index < -0.39 is 0 Å². The number of benzene rings is 2.